The lowest BCUT2D eigenvalue weighted by Gasteiger charge is -2.16. The predicted molar refractivity (Wildman–Crippen MR) is 71.2 cm³/mol. The predicted octanol–water partition coefficient (Wildman–Crippen LogP) is 3.72. The highest BCUT2D eigenvalue weighted by atomic mass is 19.2. The van der Waals surface area contributed by atoms with Crippen LogP contribution >= 0.6 is 0 Å². The largest absolute Gasteiger partial charge is 0.466 e. The number of halogens is 5. The molecule has 0 aliphatic rings. The molecule has 1 aromatic rings. The van der Waals surface area contributed by atoms with Crippen LogP contribution < -0.4 is 0 Å². The summed E-state index contributed by atoms with van der Waals surface area (Å²) in [7, 11) is 0. The first-order valence-electron chi connectivity index (χ1n) is 7.07. The van der Waals surface area contributed by atoms with E-state index in [9.17, 15) is 31.5 Å². The molecule has 0 amide bonds. The van der Waals surface area contributed by atoms with E-state index in [1.165, 1.54) is 0 Å². The van der Waals surface area contributed by atoms with Gasteiger partial charge in [-0.1, -0.05) is 0 Å². The molecule has 1 rings (SSSR count). The van der Waals surface area contributed by atoms with Crippen molar-refractivity contribution in [2.45, 2.75) is 39.2 Å². The fourth-order valence-corrected chi connectivity index (χ4v) is 1.90. The zero-order valence-electron chi connectivity index (χ0n) is 12.9. The lowest BCUT2D eigenvalue weighted by molar-refractivity contribution is -0.149. The highest BCUT2D eigenvalue weighted by molar-refractivity contribution is 5.72. The zero-order valence-corrected chi connectivity index (χ0v) is 12.9. The molecule has 0 spiro atoms. The molecule has 4 nitrogen and oxygen atoms in total. The molecule has 1 unspecified atom stereocenters. The van der Waals surface area contributed by atoms with Gasteiger partial charge in [0.05, 0.1) is 12.2 Å². The number of carbonyl (C=O) groups excluding carboxylic acids is 2. The van der Waals surface area contributed by atoms with Gasteiger partial charge in [0.15, 0.2) is 23.3 Å². The Bertz CT molecular complexity index is 604. The van der Waals surface area contributed by atoms with E-state index in [4.69, 9.17) is 0 Å². The van der Waals surface area contributed by atoms with Crippen molar-refractivity contribution in [2.75, 3.05) is 6.61 Å². The Balaban J connectivity index is 2.73. The van der Waals surface area contributed by atoms with Crippen LogP contribution in [0.2, 0.25) is 0 Å². The molecule has 0 saturated heterocycles. The van der Waals surface area contributed by atoms with Gasteiger partial charge >= 0.3 is 11.9 Å². The van der Waals surface area contributed by atoms with Gasteiger partial charge in [-0.2, -0.15) is 0 Å². The lowest BCUT2D eigenvalue weighted by Crippen LogP contribution is -2.15. The van der Waals surface area contributed by atoms with Crippen LogP contribution in [0.3, 0.4) is 0 Å². The van der Waals surface area contributed by atoms with E-state index in [0.717, 1.165) is 6.92 Å². The summed E-state index contributed by atoms with van der Waals surface area (Å²) in [6.07, 6.45) is -1.98. The van der Waals surface area contributed by atoms with Gasteiger partial charge in [-0.25, -0.2) is 22.0 Å². The maximum atomic E-state index is 13.6. The van der Waals surface area contributed by atoms with Crippen molar-refractivity contribution in [3.63, 3.8) is 0 Å². The molecule has 0 aromatic heterocycles. The minimum atomic E-state index is -2.29. The molecule has 0 aliphatic heterocycles. The zero-order chi connectivity index (χ0) is 18.4. The summed E-state index contributed by atoms with van der Waals surface area (Å²) < 4.78 is 75.6. The molecule has 0 N–H and O–H groups in total. The molecule has 134 valence electrons. The summed E-state index contributed by atoms with van der Waals surface area (Å²) in [6.45, 7) is 2.76. The molecule has 1 aromatic carbocycles. The van der Waals surface area contributed by atoms with E-state index in [-0.39, 0.29) is 25.9 Å². The van der Waals surface area contributed by atoms with Gasteiger partial charge in [0.2, 0.25) is 5.82 Å². The molecule has 0 radical (unpaired) electrons. The van der Waals surface area contributed by atoms with E-state index in [1.807, 2.05) is 0 Å². The second-order valence-electron chi connectivity index (χ2n) is 4.77. The molecule has 0 aliphatic carbocycles. The van der Waals surface area contributed by atoms with E-state index in [1.54, 1.807) is 6.92 Å². The Morgan fingerprint density at radius 2 is 1.33 bits per heavy atom. The fraction of sp³-hybridized carbons (Fsp3) is 0.467. The number of rotatable bonds is 7. The van der Waals surface area contributed by atoms with Gasteiger partial charge in [-0.15, -0.1) is 0 Å². The molecule has 0 heterocycles. The second kappa shape index (κ2) is 8.60. The molecule has 1 atom stereocenters. The molecule has 0 bridgehead atoms. The maximum absolute atomic E-state index is 13.6. The Kier molecular flexibility index (Phi) is 7.12. The first-order valence-corrected chi connectivity index (χ1v) is 7.07. The summed E-state index contributed by atoms with van der Waals surface area (Å²) in [6, 6.07) is 0. The van der Waals surface area contributed by atoms with Crippen LogP contribution in [0.25, 0.3) is 0 Å². The Hall–Kier alpha value is -2.19. The first kappa shape index (κ1) is 19.9. The molecule has 24 heavy (non-hydrogen) atoms. The van der Waals surface area contributed by atoms with Crippen molar-refractivity contribution in [3.05, 3.63) is 34.6 Å². The van der Waals surface area contributed by atoms with Crippen molar-refractivity contribution >= 4 is 11.9 Å². The number of hydrogen-bond donors (Lipinski definition) is 0. The van der Waals surface area contributed by atoms with Crippen LogP contribution in [0.4, 0.5) is 22.0 Å². The second-order valence-corrected chi connectivity index (χ2v) is 4.77. The van der Waals surface area contributed by atoms with E-state index in [0.29, 0.717) is 0 Å². The van der Waals surface area contributed by atoms with Crippen LogP contribution in [-0.2, 0) is 19.1 Å². The van der Waals surface area contributed by atoms with Gasteiger partial charge < -0.3 is 9.47 Å². The molecule has 9 heteroatoms. The van der Waals surface area contributed by atoms with E-state index in [2.05, 4.69) is 9.47 Å². The topological polar surface area (TPSA) is 52.6 Å². The van der Waals surface area contributed by atoms with E-state index < -0.39 is 52.7 Å². The van der Waals surface area contributed by atoms with Gasteiger partial charge in [-0.3, -0.25) is 9.59 Å². The van der Waals surface area contributed by atoms with Crippen molar-refractivity contribution < 1.29 is 41.0 Å². The average molecular weight is 354 g/mol. The normalized spacial score (nSPS) is 12.0. The van der Waals surface area contributed by atoms with Crippen LogP contribution in [0.5, 0.6) is 0 Å². The van der Waals surface area contributed by atoms with Gasteiger partial charge in [0.1, 0.15) is 6.10 Å². The Morgan fingerprint density at radius 3 is 1.83 bits per heavy atom. The quantitative estimate of drug-likeness (QED) is 0.324. The van der Waals surface area contributed by atoms with Crippen LogP contribution in [0.15, 0.2) is 0 Å². The van der Waals surface area contributed by atoms with Crippen LogP contribution in [0.1, 0.15) is 44.8 Å². The third kappa shape index (κ3) is 4.65. The average Bonchev–Trinajstić information content (AvgIpc) is 2.51. The van der Waals surface area contributed by atoms with Crippen LogP contribution in [-0.4, -0.2) is 18.5 Å². The Morgan fingerprint density at radius 1 is 0.875 bits per heavy atom. The maximum Gasteiger partial charge on any atom is 0.306 e. The minimum absolute atomic E-state index is 0.0570. The first-order chi connectivity index (χ1) is 11.2. The number of hydrogen-bond acceptors (Lipinski definition) is 4. The van der Waals surface area contributed by atoms with Gasteiger partial charge in [0, 0.05) is 12.8 Å². The van der Waals surface area contributed by atoms with E-state index >= 15 is 0 Å². The summed E-state index contributed by atoms with van der Waals surface area (Å²) >= 11 is 0. The summed E-state index contributed by atoms with van der Waals surface area (Å²) in [5.41, 5.74) is -1.23. The smallest absolute Gasteiger partial charge is 0.306 e. The number of esters is 2. The Labute approximate surface area is 134 Å². The fourth-order valence-electron chi connectivity index (χ4n) is 1.90. The molecular formula is C15H15F5O4. The summed E-state index contributed by atoms with van der Waals surface area (Å²) in [5, 5.41) is 0. The van der Waals surface area contributed by atoms with Crippen molar-refractivity contribution in [1.29, 1.82) is 0 Å². The third-order valence-electron chi connectivity index (χ3n) is 3.03. The standard InChI is InChI=1S/C15H15F5O4/c1-3-23-8(21)5-4-6-9(22)24-7(2)10-11(16)13(18)15(20)14(19)12(10)17/h7H,3-6H2,1-2H3. The lowest BCUT2D eigenvalue weighted by atomic mass is 10.1. The summed E-state index contributed by atoms with van der Waals surface area (Å²) in [4.78, 5) is 22.6. The highest BCUT2D eigenvalue weighted by Crippen LogP contribution is 2.29. The SMILES string of the molecule is CCOC(=O)CCCC(=O)OC(C)c1c(F)c(F)c(F)c(F)c1F. The molecule has 0 fully saturated rings. The number of benzene rings is 1. The highest BCUT2D eigenvalue weighted by Gasteiger charge is 2.30. The van der Waals surface area contributed by atoms with Gasteiger partial charge in [0.25, 0.3) is 0 Å². The third-order valence-corrected chi connectivity index (χ3v) is 3.03. The van der Waals surface area contributed by atoms with Crippen molar-refractivity contribution in [2.24, 2.45) is 0 Å². The molecular weight excluding hydrogens is 339 g/mol. The number of ether oxygens (including phenoxy) is 2. The van der Waals surface area contributed by atoms with Gasteiger partial charge in [-0.05, 0) is 20.3 Å². The number of carbonyl (C=O) groups is 2. The molecule has 0 saturated carbocycles. The summed E-state index contributed by atoms with van der Waals surface area (Å²) in [5.74, 6) is -12.1. The van der Waals surface area contributed by atoms with Crippen molar-refractivity contribution in [3.8, 4) is 0 Å². The minimum Gasteiger partial charge on any atom is -0.466 e. The van der Waals surface area contributed by atoms with Crippen LogP contribution in [0, 0.1) is 29.1 Å². The van der Waals surface area contributed by atoms with Crippen molar-refractivity contribution in [1.82, 2.24) is 0 Å². The monoisotopic (exact) mass is 354 g/mol.